The first kappa shape index (κ1) is 9.51. The maximum Gasteiger partial charge on any atom is 0.222 e. The molecule has 0 aromatic carbocycles. The van der Waals surface area contributed by atoms with Crippen molar-refractivity contribution < 1.29 is 0 Å². The van der Waals surface area contributed by atoms with Gasteiger partial charge in [0.2, 0.25) is 5.28 Å². The van der Waals surface area contributed by atoms with Crippen LogP contribution in [0.2, 0.25) is 5.28 Å². The Kier molecular flexibility index (Phi) is 3.25. The van der Waals surface area contributed by atoms with Crippen molar-refractivity contribution in [1.82, 2.24) is 9.97 Å². The van der Waals surface area contributed by atoms with E-state index in [1.165, 1.54) is 0 Å². The Bertz CT molecular complexity index is 409. The van der Waals surface area contributed by atoms with Gasteiger partial charge in [-0.2, -0.15) is 5.26 Å². The van der Waals surface area contributed by atoms with Gasteiger partial charge in [0.05, 0.1) is 23.7 Å². The predicted octanol–water partition coefficient (Wildman–Crippen LogP) is 1.70. The van der Waals surface area contributed by atoms with Crippen LogP contribution in [0.5, 0.6) is 0 Å². The van der Waals surface area contributed by atoms with Gasteiger partial charge < -0.3 is 0 Å². The maximum atomic E-state index is 8.25. The fourth-order valence-electron chi connectivity index (χ4n) is 0.740. The van der Waals surface area contributed by atoms with E-state index in [-0.39, 0.29) is 11.7 Å². The summed E-state index contributed by atoms with van der Waals surface area (Å²) in [6.07, 6.45) is 1.76. The molecule has 0 aliphatic rings. The lowest BCUT2D eigenvalue weighted by Crippen LogP contribution is -1.90. The number of nitrogens with zero attached hydrogens (tertiary/aromatic N) is 3. The van der Waals surface area contributed by atoms with Crippen LogP contribution in [0.4, 0.5) is 0 Å². The number of rotatable bonds is 0. The molecule has 1 aromatic heterocycles. The molecule has 0 aliphatic carbocycles. The van der Waals surface area contributed by atoms with E-state index in [4.69, 9.17) is 16.9 Å². The highest BCUT2D eigenvalue weighted by Crippen LogP contribution is 2.05. The summed E-state index contributed by atoms with van der Waals surface area (Å²) in [6.45, 7) is 1.80. The molecule has 0 N–H and O–H groups in total. The van der Waals surface area contributed by atoms with Gasteiger partial charge in [-0.3, -0.25) is 0 Å². The molecule has 64 valence electrons. The lowest BCUT2D eigenvalue weighted by molar-refractivity contribution is 1.09. The van der Waals surface area contributed by atoms with Gasteiger partial charge in [0.15, 0.2) is 0 Å². The lowest BCUT2D eigenvalue weighted by Gasteiger charge is -1.95. The summed E-state index contributed by atoms with van der Waals surface area (Å²) in [5.41, 5.74) is 1.44. The summed E-state index contributed by atoms with van der Waals surface area (Å²) in [6, 6.07) is 1.93. The fourth-order valence-corrected chi connectivity index (χ4v) is 0.916. The minimum absolute atomic E-state index is 0.210. The second kappa shape index (κ2) is 4.45. The molecule has 0 amide bonds. The Morgan fingerprint density at radius 2 is 2.38 bits per heavy atom. The highest BCUT2D eigenvalue weighted by Gasteiger charge is 1.97. The molecule has 0 atom stereocenters. The van der Waals surface area contributed by atoms with Gasteiger partial charge in [0.25, 0.3) is 0 Å². The summed E-state index contributed by atoms with van der Waals surface area (Å²) < 4.78 is 0. The first-order chi connectivity index (χ1) is 6.24. The topological polar surface area (TPSA) is 49.6 Å². The van der Waals surface area contributed by atoms with E-state index >= 15 is 0 Å². The minimum Gasteiger partial charge on any atom is -0.225 e. The van der Waals surface area contributed by atoms with Gasteiger partial charge >= 0.3 is 0 Å². The number of halogens is 1. The van der Waals surface area contributed by atoms with E-state index in [9.17, 15) is 0 Å². The third-order valence-electron chi connectivity index (χ3n) is 1.34. The number of hydrogen-bond donors (Lipinski definition) is 0. The fraction of sp³-hybridized carbons (Fsp3) is 0.222. The van der Waals surface area contributed by atoms with Crippen molar-refractivity contribution in [3.63, 3.8) is 0 Å². The maximum absolute atomic E-state index is 8.25. The summed E-state index contributed by atoms with van der Waals surface area (Å²) >= 11 is 5.56. The highest BCUT2D eigenvalue weighted by atomic mass is 35.5. The van der Waals surface area contributed by atoms with E-state index in [1.807, 2.05) is 6.07 Å². The molecule has 4 heteroatoms. The van der Waals surface area contributed by atoms with E-state index in [1.54, 1.807) is 13.1 Å². The van der Waals surface area contributed by atoms with Gasteiger partial charge in [0.1, 0.15) is 0 Å². The van der Waals surface area contributed by atoms with E-state index in [0.717, 1.165) is 5.69 Å². The predicted molar refractivity (Wildman–Crippen MR) is 48.9 cm³/mol. The van der Waals surface area contributed by atoms with Gasteiger partial charge in [-0.15, -0.1) is 0 Å². The van der Waals surface area contributed by atoms with Crippen LogP contribution in [0.25, 0.3) is 0 Å². The van der Waals surface area contributed by atoms with Crippen molar-refractivity contribution in [3.8, 4) is 17.9 Å². The first-order valence-corrected chi connectivity index (χ1v) is 3.97. The first-order valence-electron chi connectivity index (χ1n) is 3.59. The van der Waals surface area contributed by atoms with Crippen LogP contribution in [0.3, 0.4) is 0 Å². The number of nitriles is 1. The number of hydrogen-bond acceptors (Lipinski definition) is 3. The lowest BCUT2D eigenvalue weighted by atomic mass is 10.2. The summed E-state index contributed by atoms with van der Waals surface area (Å²) in [7, 11) is 0. The smallest absolute Gasteiger partial charge is 0.222 e. The third-order valence-corrected chi connectivity index (χ3v) is 1.52. The zero-order valence-electron chi connectivity index (χ0n) is 7.00. The Labute approximate surface area is 81.4 Å². The molecule has 0 radical (unpaired) electrons. The van der Waals surface area contributed by atoms with Crippen LogP contribution < -0.4 is 0 Å². The largest absolute Gasteiger partial charge is 0.225 e. The molecular formula is C9H6ClN3. The summed E-state index contributed by atoms with van der Waals surface area (Å²) in [5, 5.41) is 8.46. The van der Waals surface area contributed by atoms with E-state index < -0.39 is 0 Å². The van der Waals surface area contributed by atoms with Gasteiger partial charge in [-0.05, 0) is 18.5 Å². The molecule has 0 fully saturated rings. The quantitative estimate of drug-likeness (QED) is 0.463. The van der Waals surface area contributed by atoms with Crippen molar-refractivity contribution in [2.24, 2.45) is 0 Å². The van der Waals surface area contributed by atoms with Crippen molar-refractivity contribution in [3.05, 3.63) is 22.7 Å². The average molecular weight is 192 g/mol. The normalized spacial score (nSPS) is 8.38. The Morgan fingerprint density at radius 1 is 1.62 bits per heavy atom. The zero-order valence-corrected chi connectivity index (χ0v) is 7.76. The summed E-state index contributed by atoms with van der Waals surface area (Å²) in [4.78, 5) is 7.71. The van der Waals surface area contributed by atoms with Crippen molar-refractivity contribution in [2.45, 2.75) is 13.3 Å². The zero-order chi connectivity index (χ0) is 9.68. The molecule has 1 aromatic rings. The van der Waals surface area contributed by atoms with Crippen LogP contribution in [0.15, 0.2) is 6.20 Å². The summed E-state index contributed by atoms with van der Waals surface area (Å²) in [5.74, 6) is 5.46. The van der Waals surface area contributed by atoms with Crippen LogP contribution in [0, 0.1) is 30.1 Å². The SMILES string of the molecule is Cc1nc(Cl)ncc1C#CCC#N. The van der Waals surface area contributed by atoms with Gasteiger partial charge in [-0.1, -0.05) is 11.8 Å². The van der Waals surface area contributed by atoms with Crippen LogP contribution in [-0.2, 0) is 0 Å². The molecule has 0 spiro atoms. The third kappa shape index (κ3) is 2.74. The van der Waals surface area contributed by atoms with E-state index in [2.05, 4.69) is 21.8 Å². The standard InChI is InChI=1S/C9H6ClN3/c1-7-8(4-2-3-5-11)6-12-9(10)13-7/h6H,3H2,1H3. The monoisotopic (exact) mass is 191 g/mol. The molecule has 0 aliphatic heterocycles. The highest BCUT2D eigenvalue weighted by molar-refractivity contribution is 6.28. The average Bonchev–Trinajstić information content (AvgIpc) is 2.09. The number of aromatic nitrogens is 2. The molecule has 13 heavy (non-hydrogen) atoms. The molecule has 1 heterocycles. The Balaban J connectivity index is 2.93. The van der Waals surface area contributed by atoms with Crippen LogP contribution in [0.1, 0.15) is 17.7 Å². The van der Waals surface area contributed by atoms with Crippen molar-refractivity contribution >= 4 is 11.6 Å². The Morgan fingerprint density at radius 3 is 3.00 bits per heavy atom. The molecule has 0 bridgehead atoms. The molecule has 0 saturated carbocycles. The van der Waals surface area contributed by atoms with Crippen LogP contribution in [-0.4, -0.2) is 9.97 Å². The second-order valence-corrected chi connectivity index (χ2v) is 2.61. The molecular weight excluding hydrogens is 186 g/mol. The van der Waals surface area contributed by atoms with Gasteiger partial charge in [0, 0.05) is 6.20 Å². The second-order valence-electron chi connectivity index (χ2n) is 2.27. The van der Waals surface area contributed by atoms with E-state index in [0.29, 0.717) is 5.56 Å². The number of aryl methyl sites for hydroxylation is 1. The molecule has 0 saturated heterocycles. The molecule has 3 nitrogen and oxygen atoms in total. The van der Waals surface area contributed by atoms with Crippen molar-refractivity contribution in [2.75, 3.05) is 0 Å². The van der Waals surface area contributed by atoms with Gasteiger partial charge in [-0.25, -0.2) is 9.97 Å². The molecule has 1 rings (SSSR count). The minimum atomic E-state index is 0.210. The molecule has 0 unspecified atom stereocenters. The van der Waals surface area contributed by atoms with Crippen molar-refractivity contribution in [1.29, 1.82) is 5.26 Å². The van der Waals surface area contributed by atoms with Crippen LogP contribution >= 0.6 is 11.6 Å². The Hall–Kier alpha value is -1.58.